The zero-order chi connectivity index (χ0) is 29.0. The zero-order valence-corrected chi connectivity index (χ0v) is 24.2. The Labute approximate surface area is 244 Å². The second kappa shape index (κ2) is 12.4. The molecule has 204 valence electrons. The lowest BCUT2D eigenvalue weighted by atomic mass is 10.1. The number of aliphatic carboxylic acids is 1. The summed E-state index contributed by atoms with van der Waals surface area (Å²) in [7, 11) is 1.49. The van der Waals surface area contributed by atoms with Crippen LogP contribution in [0.2, 0.25) is 0 Å². The molecule has 0 saturated heterocycles. The Kier molecular flexibility index (Phi) is 8.98. The number of carbonyl (C=O) groups excluding carboxylic acids is 2. The molecule has 12 heteroatoms. The van der Waals surface area contributed by atoms with E-state index in [0.717, 1.165) is 50.8 Å². The number of methoxy groups -OCH3 is 1. The van der Waals surface area contributed by atoms with Crippen LogP contribution in [0, 0.1) is 6.92 Å². The van der Waals surface area contributed by atoms with Gasteiger partial charge in [0, 0.05) is 34.1 Å². The highest BCUT2D eigenvalue weighted by molar-refractivity contribution is 7.29. The topological polar surface area (TPSA) is 138 Å². The molecule has 4 heterocycles. The van der Waals surface area contributed by atoms with E-state index in [1.54, 1.807) is 46.9 Å². The number of phenols is 1. The van der Waals surface area contributed by atoms with Crippen LogP contribution in [0.5, 0.6) is 11.5 Å². The van der Waals surface area contributed by atoms with Crippen molar-refractivity contribution in [2.24, 2.45) is 0 Å². The Hall–Kier alpha value is -4.06. The van der Waals surface area contributed by atoms with E-state index in [1.165, 1.54) is 29.8 Å². The number of thiophene rings is 4. The monoisotopic (exact) mass is 612 g/mol. The van der Waals surface area contributed by atoms with Crippen molar-refractivity contribution in [1.82, 2.24) is 0 Å². The number of aromatic carboxylic acids is 1. The average Bonchev–Trinajstić information content (AvgIpc) is 3.70. The van der Waals surface area contributed by atoms with Gasteiger partial charge in [0.15, 0.2) is 11.5 Å². The van der Waals surface area contributed by atoms with Crippen molar-refractivity contribution in [3.63, 3.8) is 0 Å². The van der Waals surface area contributed by atoms with Gasteiger partial charge in [-0.15, -0.1) is 45.3 Å². The molecule has 5 aromatic rings. The van der Waals surface area contributed by atoms with Crippen LogP contribution in [0.25, 0.3) is 39.7 Å². The van der Waals surface area contributed by atoms with Gasteiger partial charge in [0.2, 0.25) is 0 Å². The van der Waals surface area contributed by atoms with E-state index >= 15 is 0 Å². The van der Waals surface area contributed by atoms with E-state index in [-0.39, 0.29) is 18.3 Å². The molecule has 40 heavy (non-hydrogen) atoms. The first kappa shape index (κ1) is 28.9. The molecule has 0 fully saturated rings. The molecule has 0 spiro atoms. The molecule has 0 aliphatic rings. The van der Waals surface area contributed by atoms with Crippen LogP contribution in [0.4, 0.5) is 0 Å². The predicted molar refractivity (Wildman–Crippen MR) is 156 cm³/mol. The van der Waals surface area contributed by atoms with Gasteiger partial charge in [-0.2, -0.15) is 9.59 Å². The number of hydrogen-bond donors (Lipinski definition) is 3. The van der Waals surface area contributed by atoms with E-state index in [1.807, 2.05) is 31.2 Å². The molecule has 0 aliphatic heterocycles. The number of phenolic OH excluding ortho intramolecular Hbond substituents is 1. The Balaban J connectivity index is 0.00000118. The average molecular weight is 613 g/mol. The normalized spacial score (nSPS) is 10.4. The second-order valence-electron chi connectivity index (χ2n) is 8.26. The van der Waals surface area contributed by atoms with Crippen molar-refractivity contribution in [2.75, 3.05) is 7.11 Å². The largest absolute Gasteiger partial charge is 0.504 e. The molecule has 0 saturated carbocycles. The molecule has 1 aromatic carbocycles. The summed E-state index contributed by atoms with van der Waals surface area (Å²) >= 11 is 6.00. The highest BCUT2D eigenvalue weighted by Gasteiger charge is 2.19. The van der Waals surface area contributed by atoms with Crippen LogP contribution in [0.3, 0.4) is 0 Å². The summed E-state index contributed by atoms with van der Waals surface area (Å²) in [4.78, 5) is 46.3. The summed E-state index contributed by atoms with van der Waals surface area (Å²) in [5.41, 5.74) is 2.67. The summed E-state index contributed by atoms with van der Waals surface area (Å²) in [6.07, 6.45) is 0.154. The molecule has 0 radical (unpaired) electrons. The SMILES string of the molecule is COc1cc(-c2cc(CC(=O)O)c(-c3ccc(-c4sc(-c5ccc(C(=O)O)s5)cc4C)s3)s2)ccc1O.O=C=O. The van der Waals surface area contributed by atoms with Crippen molar-refractivity contribution < 1.29 is 39.2 Å². The number of ether oxygens (including phenoxy) is 1. The summed E-state index contributed by atoms with van der Waals surface area (Å²) in [6.45, 7) is 2.04. The third-order valence-corrected chi connectivity index (χ3v) is 10.8. The highest BCUT2D eigenvalue weighted by Crippen LogP contribution is 2.47. The minimum absolute atomic E-state index is 0.0455. The predicted octanol–water partition coefficient (Wildman–Crippen LogP) is 7.37. The summed E-state index contributed by atoms with van der Waals surface area (Å²) < 4.78 is 5.24. The second-order valence-corrected chi connectivity index (χ2v) is 12.5. The Bertz CT molecular complexity index is 1730. The lowest BCUT2D eigenvalue weighted by Crippen LogP contribution is -1.99. The van der Waals surface area contributed by atoms with Crippen molar-refractivity contribution in [2.45, 2.75) is 13.3 Å². The Morgan fingerprint density at radius 2 is 1.45 bits per heavy atom. The van der Waals surface area contributed by atoms with Crippen molar-refractivity contribution in [1.29, 1.82) is 0 Å². The maximum Gasteiger partial charge on any atom is 0.373 e. The molecule has 5 rings (SSSR count). The minimum Gasteiger partial charge on any atom is -0.504 e. The number of carboxylic acids is 2. The molecule has 3 N–H and O–H groups in total. The molecule has 0 unspecified atom stereocenters. The Morgan fingerprint density at radius 3 is 2.08 bits per heavy atom. The molecular formula is C28H20O8S4. The molecule has 0 amide bonds. The number of hydrogen-bond acceptors (Lipinski definition) is 10. The number of aromatic hydroxyl groups is 1. The molecule has 0 aliphatic carbocycles. The number of benzene rings is 1. The van der Waals surface area contributed by atoms with Gasteiger partial charge < -0.3 is 20.1 Å². The van der Waals surface area contributed by atoms with Gasteiger partial charge in [-0.3, -0.25) is 4.79 Å². The molecule has 8 nitrogen and oxygen atoms in total. The standard InChI is InChI=1S/C27H20O6S4.CO2/c1-13-9-23(18-5-8-21(34-18)27(31)32)37-25(13)19-6-7-20(35-19)26-15(12-24(29)30)11-22(36-26)14-3-4-16(28)17(10-14)33-2;2-1-3/h3-11,28H,12H2,1-2H3,(H,29,30)(H,31,32);. The fourth-order valence-electron chi connectivity index (χ4n) is 3.92. The summed E-state index contributed by atoms with van der Waals surface area (Å²) in [5, 5.41) is 28.7. The fourth-order valence-corrected chi connectivity index (χ4v) is 8.52. The summed E-state index contributed by atoms with van der Waals surface area (Å²) in [6, 6.07) is 16.6. The lowest BCUT2D eigenvalue weighted by molar-refractivity contribution is -0.191. The summed E-state index contributed by atoms with van der Waals surface area (Å²) in [5.74, 6) is -1.42. The number of rotatable bonds is 8. The van der Waals surface area contributed by atoms with E-state index in [0.29, 0.717) is 10.6 Å². The van der Waals surface area contributed by atoms with E-state index in [4.69, 9.17) is 14.3 Å². The fraction of sp³-hybridized carbons (Fsp3) is 0.107. The van der Waals surface area contributed by atoms with Crippen LogP contribution < -0.4 is 4.74 Å². The number of aryl methyl sites for hydroxylation is 1. The van der Waals surface area contributed by atoms with Crippen LogP contribution in [-0.4, -0.2) is 40.5 Å². The van der Waals surface area contributed by atoms with Crippen molar-refractivity contribution in [3.05, 3.63) is 70.6 Å². The van der Waals surface area contributed by atoms with Gasteiger partial charge in [-0.1, -0.05) is 0 Å². The van der Waals surface area contributed by atoms with Crippen molar-refractivity contribution >= 4 is 63.4 Å². The first-order chi connectivity index (χ1) is 19.1. The molecular weight excluding hydrogens is 593 g/mol. The van der Waals surface area contributed by atoms with Crippen LogP contribution >= 0.6 is 45.3 Å². The van der Waals surface area contributed by atoms with Gasteiger partial charge in [0.25, 0.3) is 0 Å². The molecule has 0 bridgehead atoms. The molecule has 0 atom stereocenters. The van der Waals surface area contributed by atoms with E-state index < -0.39 is 11.9 Å². The minimum atomic E-state index is -0.925. The zero-order valence-electron chi connectivity index (χ0n) is 20.9. The molecule has 4 aromatic heterocycles. The van der Waals surface area contributed by atoms with Gasteiger partial charge in [0.1, 0.15) is 4.88 Å². The maximum atomic E-state index is 11.6. The Morgan fingerprint density at radius 1 is 0.800 bits per heavy atom. The third-order valence-electron chi connectivity index (χ3n) is 5.65. The number of carboxylic acid groups (broad SMARTS) is 2. The van der Waals surface area contributed by atoms with Crippen LogP contribution in [0.15, 0.2) is 54.6 Å². The first-order valence-corrected chi connectivity index (χ1v) is 14.7. The van der Waals surface area contributed by atoms with E-state index in [2.05, 4.69) is 6.07 Å². The van der Waals surface area contributed by atoms with E-state index in [9.17, 15) is 24.9 Å². The first-order valence-electron chi connectivity index (χ1n) is 11.4. The van der Waals surface area contributed by atoms with Crippen LogP contribution in [-0.2, 0) is 20.8 Å². The highest BCUT2D eigenvalue weighted by atomic mass is 32.1. The van der Waals surface area contributed by atoms with Gasteiger partial charge >= 0.3 is 18.1 Å². The maximum absolute atomic E-state index is 11.6. The lowest BCUT2D eigenvalue weighted by Gasteiger charge is -2.05. The van der Waals surface area contributed by atoms with Gasteiger partial charge in [-0.25, -0.2) is 4.79 Å². The van der Waals surface area contributed by atoms with Crippen molar-refractivity contribution in [3.8, 4) is 51.2 Å². The van der Waals surface area contributed by atoms with Gasteiger partial charge in [0.05, 0.1) is 13.5 Å². The third kappa shape index (κ3) is 6.22. The smallest absolute Gasteiger partial charge is 0.373 e. The van der Waals surface area contributed by atoms with Gasteiger partial charge in [-0.05, 0) is 78.2 Å². The quantitative estimate of drug-likeness (QED) is 0.165. The number of carbonyl (C=O) groups is 2. The van der Waals surface area contributed by atoms with Crippen LogP contribution in [0.1, 0.15) is 20.8 Å².